The summed E-state index contributed by atoms with van der Waals surface area (Å²) in [5.74, 6) is -0.611. The van der Waals surface area contributed by atoms with Gasteiger partial charge < -0.3 is 69.0 Å². The molecular formula is C27H30O15. The van der Waals surface area contributed by atoms with Crippen molar-refractivity contribution in [3.63, 3.8) is 0 Å². The molecule has 2 aromatic carbocycles. The summed E-state index contributed by atoms with van der Waals surface area (Å²) in [7, 11) is 1.36. The van der Waals surface area contributed by atoms with Gasteiger partial charge in [0.25, 0.3) is 0 Å². The van der Waals surface area contributed by atoms with Crippen LogP contribution in [0.25, 0.3) is 22.1 Å². The number of phenolic OH excluding ortho intramolecular Hbond substituents is 2. The lowest BCUT2D eigenvalue weighted by Crippen LogP contribution is -2.60. The highest BCUT2D eigenvalue weighted by Gasteiger charge is 2.52. The molecule has 8 N–H and O–H groups in total. The Labute approximate surface area is 236 Å². The lowest BCUT2D eigenvalue weighted by atomic mass is 9.98. The van der Waals surface area contributed by atoms with Crippen molar-refractivity contribution in [1.29, 1.82) is 0 Å². The van der Waals surface area contributed by atoms with Gasteiger partial charge >= 0.3 is 5.63 Å². The topological polar surface area (TPSA) is 238 Å². The third-order valence-electron chi connectivity index (χ3n) is 7.20. The lowest BCUT2D eigenvalue weighted by molar-refractivity contribution is -0.310. The first-order chi connectivity index (χ1) is 19.9. The van der Waals surface area contributed by atoms with Crippen molar-refractivity contribution < 1.29 is 69.0 Å². The molecule has 3 heterocycles. The maximum atomic E-state index is 12.4. The van der Waals surface area contributed by atoms with Gasteiger partial charge in [0.05, 0.1) is 32.3 Å². The van der Waals surface area contributed by atoms with E-state index in [2.05, 4.69) is 0 Å². The molecule has 5 rings (SSSR count). The zero-order valence-electron chi connectivity index (χ0n) is 22.1. The van der Waals surface area contributed by atoms with E-state index in [-0.39, 0.29) is 33.8 Å². The van der Waals surface area contributed by atoms with Gasteiger partial charge in [-0.2, -0.15) is 0 Å². The van der Waals surface area contributed by atoms with Crippen LogP contribution >= 0.6 is 0 Å². The number of aliphatic hydroxyl groups is 6. The van der Waals surface area contributed by atoms with Crippen LogP contribution in [0.15, 0.2) is 45.6 Å². The molecule has 0 spiro atoms. The molecule has 15 nitrogen and oxygen atoms in total. The molecule has 42 heavy (non-hydrogen) atoms. The van der Waals surface area contributed by atoms with E-state index in [1.807, 2.05) is 0 Å². The van der Waals surface area contributed by atoms with Crippen LogP contribution < -0.4 is 15.1 Å². The summed E-state index contributed by atoms with van der Waals surface area (Å²) in [6.07, 6.45) is -11.1. The molecule has 0 amide bonds. The fourth-order valence-electron chi connectivity index (χ4n) is 4.81. The highest BCUT2D eigenvalue weighted by Crippen LogP contribution is 2.41. The second kappa shape index (κ2) is 11.6. The fraction of sp³-hybridized carbons (Fsp3) is 0.444. The van der Waals surface area contributed by atoms with Crippen molar-refractivity contribution >= 4 is 11.0 Å². The van der Waals surface area contributed by atoms with Gasteiger partial charge in [-0.3, -0.25) is 0 Å². The van der Waals surface area contributed by atoms with Gasteiger partial charge in [-0.15, -0.1) is 0 Å². The van der Waals surface area contributed by atoms with Crippen LogP contribution in [0.4, 0.5) is 0 Å². The highest BCUT2D eigenvalue weighted by molar-refractivity contribution is 5.98. The summed E-state index contributed by atoms with van der Waals surface area (Å²) in [6, 6.07) is 7.90. The molecule has 2 aliphatic rings. The zero-order valence-corrected chi connectivity index (χ0v) is 22.1. The average Bonchev–Trinajstić information content (AvgIpc) is 3.25. The van der Waals surface area contributed by atoms with Crippen molar-refractivity contribution in [2.45, 2.75) is 48.7 Å². The normalized spacial score (nSPS) is 31.4. The van der Waals surface area contributed by atoms with Gasteiger partial charge in [0.15, 0.2) is 17.8 Å². The van der Waals surface area contributed by atoms with Gasteiger partial charge in [-0.25, -0.2) is 4.79 Å². The van der Waals surface area contributed by atoms with Gasteiger partial charge in [-0.1, -0.05) is 6.07 Å². The molecule has 0 aliphatic carbocycles. The van der Waals surface area contributed by atoms with E-state index in [0.29, 0.717) is 5.56 Å². The van der Waals surface area contributed by atoms with Gasteiger partial charge in [-0.05, 0) is 17.7 Å². The molecule has 1 aromatic heterocycles. The predicted octanol–water partition coefficient (Wildman–Crippen LogP) is -1.48. The minimum atomic E-state index is -2.10. The Bertz CT molecular complexity index is 1490. The Morgan fingerprint density at radius 1 is 0.976 bits per heavy atom. The molecular weight excluding hydrogens is 564 g/mol. The summed E-state index contributed by atoms with van der Waals surface area (Å²) in [4.78, 5) is 12.4. The fourth-order valence-corrected chi connectivity index (χ4v) is 4.81. The molecule has 0 saturated carbocycles. The monoisotopic (exact) mass is 594 g/mol. The quantitative estimate of drug-likeness (QED) is 0.110. The molecule has 8 atom stereocenters. The Morgan fingerprint density at radius 3 is 2.43 bits per heavy atom. The minimum Gasteiger partial charge on any atom is -0.504 e. The largest absolute Gasteiger partial charge is 0.504 e. The molecule has 2 saturated heterocycles. The van der Waals surface area contributed by atoms with E-state index in [1.165, 1.54) is 37.4 Å². The minimum absolute atomic E-state index is 0.00110. The number of benzene rings is 2. The summed E-state index contributed by atoms with van der Waals surface area (Å²) in [5, 5.41) is 81.5. The zero-order chi connectivity index (χ0) is 30.3. The Balaban J connectivity index is 1.42. The first-order valence-electron chi connectivity index (χ1n) is 12.7. The van der Waals surface area contributed by atoms with E-state index in [1.54, 1.807) is 0 Å². The van der Waals surface area contributed by atoms with Crippen LogP contribution in [-0.2, 0) is 14.2 Å². The van der Waals surface area contributed by atoms with Crippen LogP contribution in [0, 0.1) is 0 Å². The first-order valence-corrected chi connectivity index (χ1v) is 12.7. The maximum absolute atomic E-state index is 12.4. The Kier molecular flexibility index (Phi) is 8.30. The number of fused-ring (bicyclic) bond motifs is 1. The number of phenols is 2. The second-order valence-corrected chi connectivity index (χ2v) is 10.0. The summed E-state index contributed by atoms with van der Waals surface area (Å²) < 4.78 is 32.8. The van der Waals surface area contributed by atoms with Gasteiger partial charge in [0.1, 0.15) is 53.2 Å². The standard InChI is InChI=1S/C27H30O15/c1-37-12-5-16-20(13(7-19(31)40-16)11-2-3-14(29)15(30)4-11)17(6-12)41-26-24(35)27(36,10-39-26)9-38-25-23(34)22(33)21(32)18(8-28)42-25/h2-7,18,21-26,28-30,32-36H,8-10H2,1H3/t18?,21-,22?,23+,24?,25-,26+,27-/m1/s1. The SMILES string of the molecule is COc1cc(O[C@@H]2OC[C@](O)(CO[C@@H]3OC(CO)[C@@H](O)C(O)[C@@H]3O)C2O)c2c(-c3ccc(O)c(O)c3)cc(=O)oc2c1. The molecule has 3 aromatic rings. The third-order valence-corrected chi connectivity index (χ3v) is 7.20. The molecule has 0 radical (unpaired) electrons. The highest BCUT2D eigenvalue weighted by atomic mass is 16.7. The third kappa shape index (κ3) is 5.49. The van der Waals surface area contributed by atoms with E-state index in [9.17, 15) is 45.6 Å². The van der Waals surface area contributed by atoms with Gasteiger partial charge in [0.2, 0.25) is 6.29 Å². The predicted molar refractivity (Wildman–Crippen MR) is 139 cm³/mol. The number of methoxy groups -OCH3 is 1. The molecule has 2 fully saturated rings. The smallest absolute Gasteiger partial charge is 0.336 e. The summed E-state index contributed by atoms with van der Waals surface area (Å²) >= 11 is 0. The van der Waals surface area contributed by atoms with E-state index in [0.717, 1.165) is 6.07 Å². The molecule has 228 valence electrons. The van der Waals surface area contributed by atoms with Crippen molar-refractivity contribution in [2.24, 2.45) is 0 Å². The maximum Gasteiger partial charge on any atom is 0.336 e. The Hall–Kier alpha value is -3.51. The van der Waals surface area contributed by atoms with Crippen LogP contribution in [0.5, 0.6) is 23.0 Å². The molecule has 0 bridgehead atoms. The number of aliphatic hydroxyl groups excluding tert-OH is 5. The molecule has 2 aliphatic heterocycles. The van der Waals surface area contributed by atoms with Crippen molar-refractivity contribution in [3.05, 3.63) is 46.8 Å². The van der Waals surface area contributed by atoms with E-state index < -0.39 is 79.9 Å². The number of hydrogen-bond donors (Lipinski definition) is 8. The summed E-state index contributed by atoms with van der Waals surface area (Å²) in [5.41, 5.74) is -2.26. The van der Waals surface area contributed by atoms with E-state index >= 15 is 0 Å². The lowest BCUT2D eigenvalue weighted by Gasteiger charge is -2.40. The molecule has 15 heteroatoms. The van der Waals surface area contributed by atoms with Crippen molar-refractivity contribution in [1.82, 2.24) is 0 Å². The number of rotatable bonds is 8. The van der Waals surface area contributed by atoms with Crippen molar-refractivity contribution in [3.8, 4) is 34.1 Å². The number of hydrogen-bond acceptors (Lipinski definition) is 15. The average molecular weight is 595 g/mol. The van der Waals surface area contributed by atoms with Crippen LogP contribution in [0.1, 0.15) is 0 Å². The Morgan fingerprint density at radius 2 is 1.74 bits per heavy atom. The first kappa shape index (κ1) is 30.0. The number of ether oxygens (including phenoxy) is 5. The molecule has 3 unspecified atom stereocenters. The van der Waals surface area contributed by atoms with Crippen LogP contribution in [0.3, 0.4) is 0 Å². The number of aromatic hydroxyl groups is 2. The van der Waals surface area contributed by atoms with Crippen LogP contribution in [0.2, 0.25) is 0 Å². The van der Waals surface area contributed by atoms with E-state index in [4.69, 9.17) is 28.1 Å². The summed E-state index contributed by atoms with van der Waals surface area (Å²) in [6.45, 7) is -1.87. The van der Waals surface area contributed by atoms with Crippen LogP contribution in [-0.4, -0.2) is 116 Å². The van der Waals surface area contributed by atoms with Gasteiger partial charge in [0, 0.05) is 23.8 Å². The van der Waals surface area contributed by atoms with Crippen molar-refractivity contribution in [2.75, 3.05) is 26.9 Å². The second-order valence-electron chi connectivity index (χ2n) is 10.0.